The number of hydrogen-bond donors (Lipinski definition) is 1. The first kappa shape index (κ1) is 21.6. The van der Waals surface area contributed by atoms with Gasteiger partial charge in [-0.05, 0) is 59.0 Å². The van der Waals surface area contributed by atoms with Crippen LogP contribution in [0.4, 0.5) is 8.78 Å². The minimum absolute atomic E-state index is 0.0241. The van der Waals surface area contributed by atoms with E-state index in [1.54, 1.807) is 0 Å². The maximum atomic E-state index is 14.3. The van der Waals surface area contributed by atoms with Crippen LogP contribution in [0.2, 0.25) is 4.34 Å². The summed E-state index contributed by atoms with van der Waals surface area (Å²) in [7, 11) is -3.98. The van der Waals surface area contributed by atoms with E-state index in [0.29, 0.717) is 17.2 Å². The lowest BCUT2D eigenvalue weighted by Crippen LogP contribution is -2.33. The van der Waals surface area contributed by atoms with Crippen molar-refractivity contribution in [2.24, 2.45) is 11.7 Å². The predicted octanol–water partition coefficient (Wildman–Crippen LogP) is 4.29. The molecule has 1 aliphatic carbocycles. The van der Waals surface area contributed by atoms with E-state index in [1.807, 2.05) is 0 Å². The Morgan fingerprint density at radius 3 is 2.64 bits per heavy atom. The zero-order valence-electron chi connectivity index (χ0n) is 14.4. The van der Waals surface area contributed by atoms with Crippen LogP contribution < -0.4 is 5.73 Å². The standard InChI is InChI=1S/C17H16BrClF2N2O3S2/c18-11-7-12(20)10(5-13(11)21)8-23(14-6-9(14)1-3-16(22)24)28(25,26)17-4-2-15(19)27-17/h2,4-5,7,9,14H,1,3,6,8H2,(H2,22,24). The fourth-order valence-electron chi connectivity index (χ4n) is 3.01. The highest BCUT2D eigenvalue weighted by Crippen LogP contribution is 2.44. The van der Waals surface area contributed by atoms with Crippen molar-refractivity contribution in [1.29, 1.82) is 0 Å². The number of carbonyl (C=O) groups is 1. The highest BCUT2D eigenvalue weighted by Gasteiger charge is 2.47. The van der Waals surface area contributed by atoms with Gasteiger partial charge in [0.05, 0.1) is 8.81 Å². The van der Waals surface area contributed by atoms with E-state index < -0.39 is 33.6 Å². The van der Waals surface area contributed by atoms with Crippen molar-refractivity contribution in [3.8, 4) is 0 Å². The van der Waals surface area contributed by atoms with Gasteiger partial charge in [0.1, 0.15) is 15.8 Å². The largest absolute Gasteiger partial charge is 0.370 e. The molecule has 1 aliphatic rings. The Morgan fingerprint density at radius 1 is 1.32 bits per heavy atom. The van der Waals surface area contributed by atoms with Crippen LogP contribution in [0.1, 0.15) is 24.8 Å². The Bertz CT molecular complexity index is 1020. The fourth-order valence-corrected chi connectivity index (χ4v) is 6.61. The van der Waals surface area contributed by atoms with Crippen molar-refractivity contribution in [2.45, 2.75) is 36.1 Å². The summed E-state index contributed by atoms with van der Waals surface area (Å²) in [6.45, 7) is -0.328. The number of thiophene rings is 1. The molecule has 2 atom stereocenters. The molecule has 0 aliphatic heterocycles. The topological polar surface area (TPSA) is 80.5 Å². The first-order chi connectivity index (χ1) is 13.1. The lowest BCUT2D eigenvalue weighted by Gasteiger charge is -2.22. The smallest absolute Gasteiger partial charge is 0.253 e. The molecule has 1 aromatic carbocycles. The third kappa shape index (κ3) is 4.73. The third-order valence-electron chi connectivity index (χ3n) is 4.54. The second-order valence-electron chi connectivity index (χ2n) is 6.53. The number of benzene rings is 1. The van der Waals surface area contributed by atoms with Crippen molar-refractivity contribution in [1.82, 2.24) is 4.31 Å². The number of sulfonamides is 1. The van der Waals surface area contributed by atoms with Gasteiger partial charge in [-0.3, -0.25) is 4.79 Å². The molecule has 152 valence electrons. The molecular formula is C17H16BrClF2N2O3S2. The van der Waals surface area contributed by atoms with Crippen LogP contribution in [0.5, 0.6) is 0 Å². The van der Waals surface area contributed by atoms with Crippen molar-refractivity contribution >= 4 is 54.8 Å². The second-order valence-corrected chi connectivity index (χ2v) is 11.2. The molecule has 1 fully saturated rings. The van der Waals surface area contributed by atoms with Crippen LogP contribution in [0.15, 0.2) is 32.9 Å². The SMILES string of the molecule is NC(=O)CCC1CC1N(Cc1cc(F)c(Br)cc1F)S(=O)(=O)c1ccc(Cl)s1. The van der Waals surface area contributed by atoms with Crippen molar-refractivity contribution < 1.29 is 22.0 Å². The fraction of sp³-hybridized carbons (Fsp3) is 0.353. The number of rotatable bonds is 8. The molecule has 11 heteroatoms. The van der Waals surface area contributed by atoms with E-state index in [9.17, 15) is 22.0 Å². The predicted molar refractivity (Wildman–Crippen MR) is 106 cm³/mol. The average molecular weight is 514 g/mol. The first-order valence-electron chi connectivity index (χ1n) is 8.28. The summed E-state index contributed by atoms with van der Waals surface area (Å²) in [5, 5.41) is 0. The van der Waals surface area contributed by atoms with Gasteiger partial charge in [0.2, 0.25) is 5.91 Å². The van der Waals surface area contributed by atoms with E-state index in [0.717, 1.165) is 27.8 Å². The summed E-state index contributed by atoms with van der Waals surface area (Å²) in [5.74, 6) is -1.94. The Labute approximate surface area is 178 Å². The molecule has 2 aromatic rings. The minimum atomic E-state index is -3.98. The molecule has 28 heavy (non-hydrogen) atoms. The third-order valence-corrected chi connectivity index (χ3v) is 8.72. The van der Waals surface area contributed by atoms with Crippen molar-refractivity contribution in [3.05, 3.63) is 50.3 Å². The maximum absolute atomic E-state index is 14.3. The Morgan fingerprint density at radius 2 is 2.04 bits per heavy atom. The minimum Gasteiger partial charge on any atom is -0.370 e. The van der Waals surface area contributed by atoms with Gasteiger partial charge in [-0.15, -0.1) is 11.3 Å². The maximum Gasteiger partial charge on any atom is 0.253 e. The number of carbonyl (C=O) groups excluding carboxylic acids is 1. The Kier molecular flexibility index (Phi) is 6.45. The second kappa shape index (κ2) is 8.35. The van der Waals surface area contributed by atoms with Gasteiger partial charge >= 0.3 is 0 Å². The molecule has 3 rings (SSSR count). The molecular weight excluding hydrogens is 498 g/mol. The number of nitrogens with zero attached hydrogens (tertiary/aromatic N) is 1. The van der Waals surface area contributed by atoms with Gasteiger partial charge in [-0.1, -0.05) is 11.6 Å². The zero-order valence-corrected chi connectivity index (χ0v) is 18.3. The van der Waals surface area contributed by atoms with E-state index >= 15 is 0 Å². The molecule has 1 amide bonds. The first-order valence-corrected chi connectivity index (χ1v) is 11.7. The lowest BCUT2D eigenvalue weighted by molar-refractivity contribution is -0.118. The molecule has 0 radical (unpaired) electrons. The molecule has 0 saturated heterocycles. The summed E-state index contributed by atoms with van der Waals surface area (Å²) >= 11 is 9.67. The van der Waals surface area contributed by atoms with E-state index in [4.69, 9.17) is 17.3 Å². The Balaban J connectivity index is 1.92. The number of hydrogen-bond acceptors (Lipinski definition) is 4. The molecule has 5 nitrogen and oxygen atoms in total. The van der Waals surface area contributed by atoms with Crippen LogP contribution in [0, 0.1) is 17.6 Å². The summed E-state index contributed by atoms with van der Waals surface area (Å²) in [6.07, 6.45) is 1.10. The summed E-state index contributed by atoms with van der Waals surface area (Å²) in [6, 6.07) is 4.37. The van der Waals surface area contributed by atoms with E-state index in [1.165, 1.54) is 12.1 Å². The van der Waals surface area contributed by atoms with Gasteiger partial charge in [0.15, 0.2) is 0 Å². The van der Waals surface area contributed by atoms with Gasteiger partial charge in [0.25, 0.3) is 10.0 Å². The van der Waals surface area contributed by atoms with Gasteiger partial charge in [-0.25, -0.2) is 17.2 Å². The molecule has 1 heterocycles. The number of nitrogens with two attached hydrogens (primary N) is 1. The molecule has 2 N–H and O–H groups in total. The van der Waals surface area contributed by atoms with Crippen LogP contribution in [-0.2, 0) is 21.4 Å². The molecule has 1 aromatic heterocycles. The molecule has 2 unspecified atom stereocenters. The molecule has 1 saturated carbocycles. The summed E-state index contributed by atoms with van der Waals surface area (Å²) < 4.78 is 55.9. The summed E-state index contributed by atoms with van der Waals surface area (Å²) in [4.78, 5) is 11.0. The van der Waals surface area contributed by atoms with Gasteiger partial charge in [-0.2, -0.15) is 4.31 Å². The molecule has 0 bridgehead atoms. The zero-order chi connectivity index (χ0) is 20.6. The van der Waals surface area contributed by atoms with Crippen LogP contribution >= 0.6 is 38.9 Å². The van der Waals surface area contributed by atoms with Crippen LogP contribution in [0.3, 0.4) is 0 Å². The van der Waals surface area contributed by atoms with Crippen molar-refractivity contribution in [2.75, 3.05) is 0 Å². The Hall–Kier alpha value is -1.07. The van der Waals surface area contributed by atoms with Gasteiger partial charge in [0, 0.05) is 24.6 Å². The highest BCUT2D eigenvalue weighted by atomic mass is 79.9. The molecule has 0 spiro atoms. The van der Waals surface area contributed by atoms with E-state index in [2.05, 4.69) is 15.9 Å². The van der Waals surface area contributed by atoms with Gasteiger partial charge < -0.3 is 5.73 Å². The average Bonchev–Trinajstić information content (AvgIpc) is 3.23. The lowest BCUT2D eigenvalue weighted by atomic mass is 10.2. The monoisotopic (exact) mass is 512 g/mol. The normalized spacial score (nSPS) is 19.2. The number of halogens is 4. The van der Waals surface area contributed by atoms with Crippen LogP contribution in [0.25, 0.3) is 0 Å². The summed E-state index contributed by atoms with van der Waals surface area (Å²) in [5.41, 5.74) is 5.09. The number of primary amides is 1. The quantitative estimate of drug-likeness (QED) is 0.535. The highest BCUT2D eigenvalue weighted by molar-refractivity contribution is 9.10. The van der Waals surface area contributed by atoms with Crippen LogP contribution in [-0.4, -0.2) is 24.7 Å². The van der Waals surface area contributed by atoms with Crippen molar-refractivity contribution in [3.63, 3.8) is 0 Å². The van der Waals surface area contributed by atoms with E-state index in [-0.39, 0.29) is 33.1 Å². The number of amides is 1.